The zero-order valence-corrected chi connectivity index (χ0v) is 11.0. The first kappa shape index (κ1) is 12.0. The molecule has 90 valence electrons. The first-order valence-corrected chi connectivity index (χ1v) is 6.11. The highest BCUT2D eigenvalue weighted by atomic mass is 35.5. The fourth-order valence-corrected chi connectivity index (χ4v) is 1.94. The van der Waals surface area contributed by atoms with E-state index in [1.54, 1.807) is 6.07 Å². The van der Waals surface area contributed by atoms with Gasteiger partial charge in [0.05, 0.1) is 5.69 Å². The van der Waals surface area contributed by atoms with Gasteiger partial charge in [0.2, 0.25) is 0 Å². The van der Waals surface area contributed by atoms with Gasteiger partial charge in [-0.15, -0.1) is 0 Å². The van der Waals surface area contributed by atoms with Crippen LogP contribution in [0.15, 0.2) is 12.1 Å². The number of rotatable bonds is 3. The van der Waals surface area contributed by atoms with Gasteiger partial charge in [-0.05, 0) is 25.8 Å². The van der Waals surface area contributed by atoms with Crippen molar-refractivity contribution in [1.82, 2.24) is 19.7 Å². The summed E-state index contributed by atoms with van der Waals surface area (Å²) in [4.78, 5) is 8.42. The average molecular weight is 251 g/mol. The molecule has 0 aliphatic heterocycles. The van der Waals surface area contributed by atoms with Crippen molar-refractivity contribution in [2.24, 2.45) is 0 Å². The van der Waals surface area contributed by atoms with Crippen molar-refractivity contribution in [3.05, 3.63) is 34.5 Å². The second-order valence-corrected chi connectivity index (χ2v) is 4.23. The Hall–Kier alpha value is -1.42. The highest BCUT2D eigenvalue weighted by Gasteiger charge is 2.09. The maximum Gasteiger partial charge on any atom is 0.158 e. The molecule has 0 amide bonds. The van der Waals surface area contributed by atoms with Crippen LogP contribution in [0.5, 0.6) is 0 Å². The summed E-state index contributed by atoms with van der Waals surface area (Å²) < 4.78 is 1.85. The average Bonchev–Trinajstić information content (AvgIpc) is 2.70. The molecule has 2 aromatic rings. The summed E-state index contributed by atoms with van der Waals surface area (Å²) in [5.41, 5.74) is 2.20. The molecule has 0 aliphatic carbocycles. The number of nitrogens with zero attached hydrogens (tertiary/aromatic N) is 4. The molecule has 5 heteroatoms. The molecule has 17 heavy (non-hydrogen) atoms. The lowest BCUT2D eigenvalue weighted by atomic mass is 10.2. The first-order chi connectivity index (χ1) is 8.13. The summed E-state index contributed by atoms with van der Waals surface area (Å²) in [6, 6.07) is 3.84. The lowest BCUT2D eigenvalue weighted by molar-refractivity contribution is 0.763. The summed E-state index contributed by atoms with van der Waals surface area (Å²) in [7, 11) is 0. The molecule has 2 rings (SSSR count). The molecule has 2 aromatic heterocycles. The zero-order valence-electron chi connectivity index (χ0n) is 10.2. The van der Waals surface area contributed by atoms with Crippen LogP contribution in [-0.4, -0.2) is 19.7 Å². The Morgan fingerprint density at radius 3 is 2.53 bits per heavy atom. The van der Waals surface area contributed by atoms with Crippen molar-refractivity contribution in [2.45, 2.75) is 33.6 Å². The second kappa shape index (κ2) is 4.84. The van der Waals surface area contributed by atoms with Crippen LogP contribution in [0.4, 0.5) is 0 Å². The van der Waals surface area contributed by atoms with E-state index in [0.717, 1.165) is 30.0 Å². The standard InChI is InChI=1S/C12H15ClN4/c1-4-9-6-10(5-2)17(16-9)12-7-11(13)14-8(3)15-12/h6-7H,4-5H2,1-3H3. The maximum atomic E-state index is 5.94. The van der Waals surface area contributed by atoms with Crippen LogP contribution in [0, 0.1) is 6.92 Å². The zero-order chi connectivity index (χ0) is 12.4. The van der Waals surface area contributed by atoms with E-state index in [9.17, 15) is 0 Å². The first-order valence-electron chi connectivity index (χ1n) is 5.73. The van der Waals surface area contributed by atoms with Crippen LogP contribution in [0.2, 0.25) is 5.15 Å². The smallest absolute Gasteiger partial charge is 0.158 e. The predicted molar refractivity (Wildman–Crippen MR) is 67.7 cm³/mol. The summed E-state index contributed by atoms with van der Waals surface area (Å²) in [6.07, 6.45) is 1.82. The molecule has 0 N–H and O–H groups in total. The van der Waals surface area contributed by atoms with Crippen molar-refractivity contribution >= 4 is 11.6 Å². The number of hydrogen-bond donors (Lipinski definition) is 0. The van der Waals surface area contributed by atoms with Crippen molar-refractivity contribution in [1.29, 1.82) is 0 Å². The molecule has 0 atom stereocenters. The molecule has 0 aromatic carbocycles. The minimum atomic E-state index is 0.447. The Balaban J connectivity index is 2.54. The fraction of sp³-hybridized carbons (Fsp3) is 0.417. The SMILES string of the molecule is CCc1cc(CC)n(-c2cc(Cl)nc(C)n2)n1. The largest absolute Gasteiger partial charge is 0.221 e. The monoisotopic (exact) mass is 250 g/mol. The minimum Gasteiger partial charge on any atom is -0.221 e. The quantitative estimate of drug-likeness (QED) is 0.787. The van der Waals surface area contributed by atoms with Gasteiger partial charge in [0, 0.05) is 11.8 Å². The number of hydrogen-bond acceptors (Lipinski definition) is 3. The molecule has 0 saturated carbocycles. The third kappa shape index (κ3) is 2.47. The van der Waals surface area contributed by atoms with Gasteiger partial charge < -0.3 is 0 Å². The summed E-state index contributed by atoms with van der Waals surface area (Å²) >= 11 is 5.94. The summed E-state index contributed by atoms with van der Waals surface area (Å²) in [5, 5.41) is 4.97. The van der Waals surface area contributed by atoms with E-state index >= 15 is 0 Å². The van der Waals surface area contributed by atoms with Gasteiger partial charge >= 0.3 is 0 Å². The molecule has 0 spiro atoms. The molecule has 0 saturated heterocycles. The number of aryl methyl sites for hydroxylation is 3. The third-order valence-electron chi connectivity index (χ3n) is 2.57. The Morgan fingerprint density at radius 2 is 1.94 bits per heavy atom. The van der Waals surface area contributed by atoms with Crippen LogP contribution >= 0.6 is 11.6 Å². The van der Waals surface area contributed by atoms with E-state index in [-0.39, 0.29) is 0 Å². The van der Waals surface area contributed by atoms with Crippen molar-refractivity contribution in [3.8, 4) is 5.82 Å². The second-order valence-electron chi connectivity index (χ2n) is 3.84. The number of aromatic nitrogens is 4. The van der Waals surface area contributed by atoms with E-state index in [4.69, 9.17) is 11.6 Å². The molecule has 2 heterocycles. The van der Waals surface area contributed by atoms with Crippen LogP contribution in [0.25, 0.3) is 5.82 Å². The van der Waals surface area contributed by atoms with Gasteiger partial charge in [0.15, 0.2) is 5.82 Å². The Bertz CT molecular complexity index is 513. The fourth-order valence-electron chi connectivity index (χ4n) is 1.72. The van der Waals surface area contributed by atoms with Crippen molar-refractivity contribution in [3.63, 3.8) is 0 Å². The van der Waals surface area contributed by atoms with E-state index in [1.165, 1.54) is 0 Å². The molecular weight excluding hydrogens is 236 g/mol. The molecule has 0 unspecified atom stereocenters. The van der Waals surface area contributed by atoms with Crippen LogP contribution in [0.1, 0.15) is 31.1 Å². The van der Waals surface area contributed by atoms with Crippen LogP contribution < -0.4 is 0 Å². The van der Waals surface area contributed by atoms with Crippen molar-refractivity contribution in [2.75, 3.05) is 0 Å². The molecule has 4 nitrogen and oxygen atoms in total. The van der Waals surface area contributed by atoms with Crippen LogP contribution in [0.3, 0.4) is 0 Å². The molecule has 0 radical (unpaired) electrons. The van der Waals surface area contributed by atoms with E-state index in [1.807, 2.05) is 11.6 Å². The summed E-state index contributed by atoms with van der Waals surface area (Å²) in [5.74, 6) is 1.39. The normalized spacial score (nSPS) is 10.8. The minimum absolute atomic E-state index is 0.447. The van der Waals surface area contributed by atoms with Gasteiger partial charge in [-0.1, -0.05) is 25.4 Å². The Labute approximate surface area is 106 Å². The van der Waals surface area contributed by atoms with Gasteiger partial charge in [0.1, 0.15) is 11.0 Å². The van der Waals surface area contributed by atoms with Gasteiger partial charge in [0.25, 0.3) is 0 Å². The molecule has 0 bridgehead atoms. The van der Waals surface area contributed by atoms with Gasteiger partial charge in [-0.3, -0.25) is 0 Å². The molecular formula is C12H15ClN4. The predicted octanol–water partition coefficient (Wildman–Crippen LogP) is 2.75. The highest BCUT2D eigenvalue weighted by molar-refractivity contribution is 6.29. The lowest BCUT2D eigenvalue weighted by Gasteiger charge is -2.05. The van der Waals surface area contributed by atoms with Crippen LogP contribution in [-0.2, 0) is 12.8 Å². The van der Waals surface area contributed by atoms with E-state index < -0.39 is 0 Å². The third-order valence-corrected chi connectivity index (χ3v) is 2.76. The Kier molecular flexibility index (Phi) is 3.43. The van der Waals surface area contributed by atoms with Gasteiger partial charge in [-0.2, -0.15) is 5.10 Å². The highest BCUT2D eigenvalue weighted by Crippen LogP contribution is 2.15. The van der Waals surface area contributed by atoms with E-state index in [2.05, 4.69) is 35.0 Å². The molecule has 0 fully saturated rings. The maximum absolute atomic E-state index is 5.94. The van der Waals surface area contributed by atoms with Gasteiger partial charge in [-0.25, -0.2) is 14.6 Å². The van der Waals surface area contributed by atoms with Crippen molar-refractivity contribution < 1.29 is 0 Å². The summed E-state index contributed by atoms with van der Waals surface area (Å²) in [6.45, 7) is 6.01. The Morgan fingerprint density at radius 1 is 1.18 bits per heavy atom. The lowest BCUT2D eigenvalue weighted by Crippen LogP contribution is -2.06. The van der Waals surface area contributed by atoms with E-state index in [0.29, 0.717) is 11.0 Å². The number of halogens is 1. The molecule has 0 aliphatic rings. The topological polar surface area (TPSA) is 43.6 Å².